The van der Waals surface area contributed by atoms with E-state index < -0.39 is 0 Å². The fourth-order valence-corrected chi connectivity index (χ4v) is 3.10. The normalized spacial score (nSPS) is 10.8. The number of carbonyl (C=O) groups excluding carboxylic acids is 1. The molecule has 4 rings (SSSR count). The van der Waals surface area contributed by atoms with Gasteiger partial charge in [-0.05, 0) is 29.1 Å². The van der Waals surface area contributed by atoms with Crippen molar-refractivity contribution in [3.63, 3.8) is 0 Å². The molecule has 4 heterocycles. The van der Waals surface area contributed by atoms with Crippen molar-refractivity contribution >= 4 is 23.1 Å². The highest BCUT2D eigenvalue weighted by molar-refractivity contribution is 7.08. The van der Waals surface area contributed by atoms with Gasteiger partial charge in [0.1, 0.15) is 0 Å². The molecule has 4 aromatic rings. The molecule has 0 saturated carbocycles. The summed E-state index contributed by atoms with van der Waals surface area (Å²) in [5, 5.41) is 19.0. The minimum atomic E-state index is -0.153. The first-order valence-corrected chi connectivity index (χ1v) is 9.28. The molecule has 4 aromatic heterocycles. The van der Waals surface area contributed by atoms with Crippen LogP contribution in [0.5, 0.6) is 0 Å². The van der Waals surface area contributed by atoms with Crippen LogP contribution in [0.25, 0.3) is 11.5 Å². The average molecular weight is 380 g/mol. The summed E-state index contributed by atoms with van der Waals surface area (Å²) in [6.45, 7) is 0.617. The van der Waals surface area contributed by atoms with E-state index in [0.29, 0.717) is 30.6 Å². The van der Waals surface area contributed by atoms with Crippen LogP contribution < -0.4 is 5.32 Å². The highest BCUT2D eigenvalue weighted by atomic mass is 32.1. The third kappa shape index (κ3) is 4.45. The van der Waals surface area contributed by atoms with E-state index in [1.54, 1.807) is 34.5 Å². The molecule has 1 N–H and O–H groups in total. The second-order valence-corrected chi connectivity index (χ2v) is 6.60. The van der Waals surface area contributed by atoms with Crippen LogP contribution in [0.2, 0.25) is 0 Å². The quantitative estimate of drug-likeness (QED) is 0.529. The number of aryl methyl sites for hydroxylation is 1. The number of anilines is 1. The van der Waals surface area contributed by atoms with Gasteiger partial charge < -0.3 is 9.73 Å². The Kier molecular flexibility index (Phi) is 5.01. The lowest BCUT2D eigenvalue weighted by Gasteiger charge is -2.02. The molecule has 136 valence electrons. The first-order chi connectivity index (χ1) is 13.3. The molecule has 27 heavy (non-hydrogen) atoms. The number of nitrogens with one attached hydrogen (secondary N) is 1. The van der Waals surface area contributed by atoms with Crippen molar-refractivity contribution in [1.29, 1.82) is 0 Å². The van der Waals surface area contributed by atoms with Gasteiger partial charge in [-0.3, -0.25) is 14.5 Å². The highest BCUT2D eigenvalue weighted by Crippen LogP contribution is 2.20. The van der Waals surface area contributed by atoms with Gasteiger partial charge in [-0.2, -0.15) is 16.4 Å². The van der Waals surface area contributed by atoms with Gasteiger partial charge in [-0.25, -0.2) is 0 Å². The lowest BCUT2D eigenvalue weighted by atomic mass is 10.3. The third-order valence-corrected chi connectivity index (χ3v) is 4.49. The molecule has 0 aliphatic rings. The summed E-state index contributed by atoms with van der Waals surface area (Å²) in [5.74, 6) is 1.27. The second-order valence-electron chi connectivity index (χ2n) is 5.82. The number of thiophene rings is 1. The van der Waals surface area contributed by atoms with Crippen molar-refractivity contribution in [2.24, 2.45) is 0 Å². The maximum atomic E-state index is 12.1. The predicted octanol–water partition coefficient (Wildman–Crippen LogP) is 3.01. The monoisotopic (exact) mass is 380 g/mol. The molecule has 0 spiro atoms. The second kappa shape index (κ2) is 7.92. The number of hydrogen-bond acceptors (Lipinski definition) is 7. The van der Waals surface area contributed by atoms with Gasteiger partial charge in [0.15, 0.2) is 5.82 Å². The molecule has 0 aliphatic heterocycles. The first kappa shape index (κ1) is 17.1. The van der Waals surface area contributed by atoms with E-state index in [0.717, 1.165) is 11.1 Å². The van der Waals surface area contributed by atoms with Crippen LogP contribution >= 0.6 is 11.3 Å². The zero-order valence-electron chi connectivity index (χ0n) is 14.3. The molecule has 0 unspecified atom stereocenters. The molecule has 9 heteroatoms. The van der Waals surface area contributed by atoms with Crippen molar-refractivity contribution < 1.29 is 9.21 Å². The van der Waals surface area contributed by atoms with E-state index in [1.165, 1.54) is 0 Å². The van der Waals surface area contributed by atoms with E-state index in [2.05, 4.69) is 25.6 Å². The number of hydrogen-bond donors (Lipinski definition) is 1. The summed E-state index contributed by atoms with van der Waals surface area (Å²) < 4.78 is 7.34. The Hall–Kier alpha value is -3.33. The number of pyridine rings is 1. The molecular formula is C18H16N6O2S. The standard InChI is InChI=1S/C18H16N6O2S/c25-16(1-2-17-21-22-18(26-17)14-6-10-27-12-14)20-15-5-9-24(23-15)11-13-3-7-19-8-4-13/h3-10,12H,1-2,11H2,(H,20,23,25). The first-order valence-electron chi connectivity index (χ1n) is 8.33. The molecule has 0 aliphatic carbocycles. The fraction of sp³-hybridized carbons (Fsp3) is 0.167. The van der Waals surface area contributed by atoms with E-state index >= 15 is 0 Å². The fourth-order valence-electron chi connectivity index (χ4n) is 2.47. The Morgan fingerprint density at radius 3 is 2.89 bits per heavy atom. The van der Waals surface area contributed by atoms with E-state index in [4.69, 9.17) is 4.42 Å². The maximum absolute atomic E-state index is 12.1. The zero-order chi connectivity index (χ0) is 18.5. The zero-order valence-corrected chi connectivity index (χ0v) is 15.1. The van der Waals surface area contributed by atoms with Gasteiger partial charge in [0.2, 0.25) is 17.7 Å². The van der Waals surface area contributed by atoms with Crippen LogP contribution in [0.1, 0.15) is 17.9 Å². The summed E-state index contributed by atoms with van der Waals surface area (Å²) in [6, 6.07) is 7.53. The van der Waals surface area contributed by atoms with E-state index in [-0.39, 0.29) is 12.3 Å². The molecule has 0 bridgehead atoms. The van der Waals surface area contributed by atoms with Crippen LogP contribution in [0.15, 0.2) is 58.0 Å². The van der Waals surface area contributed by atoms with Gasteiger partial charge >= 0.3 is 0 Å². The smallest absolute Gasteiger partial charge is 0.248 e. The van der Waals surface area contributed by atoms with Crippen molar-refractivity contribution in [3.8, 4) is 11.5 Å². The molecule has 0 atom stereocenters. The summed E-state index contributed by atoms with van der Waals surface area (Å²) in [5.41, 5.74) is 1.98. The number of nitrogens with zero attached hydrogens (tertiary/aromatic N) is 5. The Balaban J connectivity index is 1.28. The Bertz CT molecular complexity index is 1010. The summed E-state index contributed by atoms with van der Waals surface area (Å²) >= 11 is 1.56. The SMILES string of the molecule is O=C(CCc1nnc(-c2ccsc2)o1)Nc1ccn(Cc2ccncc2)n1. The van der Waals surface area contributed by atoms with Crippen molar-refractivity contribution in [1.82, 2.24) is 25.0 Å². The average Bonchev–Trinajstić information content (AvgIpc) is 3.43. The lowest BCUT2D eigenvalue weighted by Crippen LogP contribution is -2.13. The molecule has 0 fully saturated rings. The molecular weight excluding hydrogens is 364 g/mol. The number of aromatic nitrogens is 5. The van der Waals surface area contributed by atoms with Crippen LogP contribution in [-0.4, -0.2) is 30.9 Å². The largest absolute Gasteiger partial charge is 0.421 e. The summed E-state index contributed by atoms with van der Waals surface area (Å²) in [4.78, 5) is 16.1. The maximum Gasteiger partial charge on any atom is 0.248 e. The Labute approximate surface area is 158 Å². The molecule has 1 amide bonds. The Morgan fingerprint density at radius 1 is 1.19 bits per heavy atom. The van der Waals surface area contributed by atoms with Crippen molar-refractivity contribution in [2.45, 2.75) is 19.4 Å². The van der Waals surface area contributed by atoms with Crippen molar-refractivity contribution in [3.05, 3.63) is 65.1 Å². The minimum absolute atomic E-state index is 0.153. The number of carbonyl (C=O) groups is 1. The van der Waals surface area contributed by atoms with Crippen LogP contribution in [-0.2, 0) is 17.8 Å². The van der Waals surface area contributed by atoms with Gasteiger partial charge in [0.25, 0.3) is 0 Å². The third-order valence-electron chi connectivity index (χ3n) is 3.80. The minimum Gasteiger partial charge on any atom is -0.421 e. The number of rotatable bonds is 7. The molecule has 0 saturated heterocycles. The van der Waals surface area contributed by atoms with Gasteiger partial charge in [-0.15, -0.1) is 10.2 Å². The van der Waals surface area contributed by atoms with Gasteiger partial charge in [-0.1, -0.05) is 0 Å². The lowest BCUT2D eigenvalue weighted by molar-refractivity contribution is -0.116. The van der Waals surface area contributed by atoms with Crippen LogP contribution in [0.4, 0.5) is 5.82 Å². The predicted molar refractivity (Wildman–Crippen MR) is 100 cm³/mol. The van der Waals surface area contributed by atoms with Crippen LogP contribution in [0, 0.1) is 0 Å². The summed E-state index contributed by atoms with van der Waals surface area (Å²) in [7, 11) is 0. The topological polar surface area (TPSA) is 98.7 Å². The molecule has 8 nitrogen and oxygen atoms in total. The van der Waals surface area contributed by atoms with E-state index in [1.807, 2.05) is 35.2 Å². The number of amides is 1. The molecule has 0 radical (unpaired) electrons. The van der Waals surface area contributed by atoms with E-state index in [9.17, 15) is 4.79 Å². The van der Waals surface area contributed by atoms with Gasteiger partial charge in [0, 0.05) is 48.4 Å². The van der Waals surface area contributed by atoms with Crippen LogP contribution in [0.3, 0.4) is 0 Å². The summed E-state index contributed by atoms with van der Waals surface area (Å²) in [6.07, 6.45) is 5.91. The molecule has 0 aromatic carbocycles. The van der Waals surface area contributed by atoms with Gasteiger partial charge in [0.05, 0.1) is 6.54 Å². The van der Waals surface area contributed by atoms with Crippen molar-refractivity contribution in [2.75, 3.05) is 5.32 Å². The Morgan fingerprint density at radius 2 is 2.07 bits per heavy atom. The highest BCUT2D eigenvalue weighted by Gasteiger charge is 2.11.